The quantitative estimate of drug-likeness (QED) is 0.406. The zero-order chi connectivity index (χ0) is 27.5. The molecule has 0 bridgehead atoms. The lowest BCUT2D eigenvalue weighted by Crippen LogP contribution is -2.51. The molecule has 2 aliphatic rings. The van der Waals surface area contributed by atoms with Crippen molar-refractivity contribution in [2.45, 2.75) is 57.2 Å². The van der Waals surface area contributed by atoms with Gasteiger partial charge in [0.25, 0.3) is 0 Å². The Morgan fingerprint density at radius 2 is 1.97 bits per heavy atom. The fourth-order valence-electron chi connectivity index (χ4n) is 5.66. The van der Waals surface area contributed by atoms with Crippen LogP contribution in [-0.4, -0.2) is 83.8 Å². The van der Waals surface area contributed by atoms with Crippen LogP contribution in [0.5, 0.6) is 0 Å². The van der Waals surface area contributed by atoms with Crippen LogP contribution < -0.4 is 11.1 Å². The number of nitrogens with two attached hydrogens (primary N) is 1. The molecule has 2 fully saturated rings. The van der Waals surface area contributed by atoms with E-state index in [1.165, 1.54) is 0 Å². The average Bonchev–Trinajstić information content (AvgIpc) is 3.74. The molecule has 4 heterocycles. The van der Waals surface area contributed by atoms with Crippen molar-refractivity contribution < 1.29 is 14.4 Å². The molecule has 0 spiro atoms. The Morgan fingerprint density at radius 1 is 1.18 bits per heavy atom. The van der Waals surface area contributed by atoms with Gasteiger partial charge < -0.3 is 25.4 Å². The van der Waals surface area contributed by atoms with Crippen LogP contribution in [0.25, 0.3) is 11.0 Å². The predicted molar refractivity (Wildman–Crippen MR) is 144 cm³/mol. The molecule has 1 unspecified atom stereocenters. The number of imidazole rings is 1. The normalized spacial score (nSPS) is 20.1. The Labute approximate surface area is 227 Å². The number of nitrogens with zero attached hydrogens (tertiary/aromatic N) is 7. The number of hydrogen-bond acceptors (Lipinski definition) is 7. The fraction of sp³-hybridized carbons (Fsp3) is 0.556. The highest BCUT2D eigenvalue weighted by Crippen LogP contribution is 2.27. The van der Waals surface area contributed by atoms with Gasteiger partial charge >= 0.3 is 0 Å². The number of amides is 3. The molecule has 0 aliphatic carbocycles. The molecule has 2 aromatic heterocycles. The molecule has 3 N–H and O–H groups in total. The highest BCUT2D eigenvalue weighted by Gasteiger charge is 2.41. The highest BCUT2D eigenvalue weighted by atomic mass is 16.2. The minimum absolute atomic E-state index is 0.0409. The van der Waals surface area contributed by atoms with Crippen molar-refractivity contribution in [3.05, 3.63) is 42.0 Å². The van der Waals surface area contributed by atoms with Crippen LogP contribution in [-0.2, 0) is 41.4 Å². The largest absolute Gasteiger partial charge is 0.350 e. The molecule has 3 atom stereocenters. The molecule has 39 heavy (non-hydrogen) atoms. The molecule has 0 saturated carbocycles. The van der Waals surface area contributed by atoms with Gasteiger partial charge in [0.1, 0.15) is 17.4 Å². The van der Waals surface area contributed by atoms with E-state index in [1.54, 1.807) is 15.8 Å². The topological polar surface area (TPSA) is 144 Å². The molecule has 3 aromatic rings. The third kappa shape index (κ3) is 5.95. The first-order valence-electron chi connectivity index (χ1n) is 13.7. The summed E-state index contributed by atoms with van der Waals surface area (Å²) in [5.41, 5.74) is 8.87. The summed E-state index contributed by atoms with van der Waals surface area (Å²) >= 11 is 0. The summed E-state index contributed by atoms with van der Waals surface area (Å²) in [6.07, 6.45) is 7.35. The molecular weight excluding hydrogens is 498 g/mol. The number of hydrogen-bond donors (Lipinski definition) is 2. The van der Waals surface area contributed by atoms with Gasteiger partial charge in [-0.05, 0) is 49.3 Å². The molecular formula is C27H37N9O3. The highest BCUT2D eigenvalue weighted by molar-refractivity contribution is 5.90. The van der Waals surface area contributed by atoms with E-state index in [1.807, 2.05) is 48.0 Å². The Bertz CT molecular complexity index is 1340. The molecule has 12 heteroatoms. The number of carbonyl (C=O) groups excluding carboxylic acids is 3. The number of aryl methyl sites for hydroxylation is 2. The van der Waals surface area contributed by atoms with Crippen molar-refractivity contribution in [1.29, 1.82) is 0 Å². The number of aromatic nitrogens is 5. The van der Waals surface area contributed by atoms with Crippen LogP contribution in [0.2, 0.25) is 0 Å². The first-order chi connectivity index (χ1) is 18.8. The molecule has 2 aliphatic heterocycles. The van der Waals surface area contributed by atoms with E-state index in [-0.39, 0.29) is 36.5 Å². The molecule has 208 valence electrons. The van der Waals surface area contributed by atoms with Crippen LogP contribution in [0.1, 0.15) is 43.5 Å². The second kappa shape index (κ2) is 11.5. The summed E-state index contributed by atoms with van der Waals surface area (Å²) in [7, 11) is 3.77. The third-order valence-corrected chi connectivity index (χ3v) is 7.95. The maximum absolute atomic E-state index is 13.5. The lowest BCUT2D eigenvalue weighted by Gasteiger charge is -2.27. The maximum Gasteiger partial charge on any atom is 0.243 e. The molecule has 2 saturated heterocycles. The Morgan fingerprint density at radius 3 is 2.72 bits per heavy atom. The van der Waals surface area contributed by atoms with E-state index < -0.39 is 12.1 Å². The van der Waals surface area contributed by atoms with Gasteiger partial charge in [-0.15, -0.1) is 5.10 Å². The van der Waals surface area contributed by atoms with Crippen LogP contribution in [0.15, 0.2) is 30.6 Å². The van der Waals surface area contributed by atoms with E-state index >= 15 is 0 Å². The van der Waals surface area contributed by atoms with Gasteiger partial charge in [0.15, 0.2) is 0 Å². The van der Waals surface area contributed by atoms with Crippen molar-refractivity contribution in [3.63, 3.8) is 0 Å². The zero-order valence-electron chi connectivity index (χ0n) is 22.6. The molecule has 12 nitrogen and oxygen atoms in total. The number of nitrogens with one attached hydrogen (secondary N) is 1. The fourth-order valence-corrected chi connectivity index (χ4v) is 5.66. The smallest absolute Gasteiger partial charge is 0.243 e. The van der Waals surface area contributed by atoms with Crippen LogP contribution in [0.4, 0.5) is 0 Å². The Kier molecular flexibility index (Phi) is 7.92. The van der Waals surface area contributed by atoms with E-state index in [0.29, 0.717) is 25.9 Å². The second-order valence-corrected chi connectivity index (χ2v) is 10.8. The monoisotopic (exact) mass is 535 g/mol. The molecule has 1 aromatic carbocycles. The third-order valence-electron chi connectivity index (χ3n) is 7.95. The molecule has 3 amide bonds. The standard InChI is InChI=1S/C27H37N9O3/c1-33-12-9-29-24(33)15-19-14-23(26(38)30-16-18-5-7-22-21(13-18)31-32-34(22)2)36(17-19)27(39)20(28)6-8-25(37)35-10-3-4-11-35/h5,7,9,12-13,19-20,23H,3-4,6,8,10-11,14-17,28H2,1-2H3,(H,30,38)/t19?,20-,23+/m1/s1. The summed E-state index contributed by atoms with van der Waals surface area (Å²) in [5, 5.41) is 11.2. The van der Waals surface area contributed by atoms with Gasteiger partial charge in [-0.25, -0.2) is 9.67 Å². The number of carbonyl (C=O) groups is 3. The SMILES string of the molecule is Cn1ccnc1CC1C[C@@H](C(=O)NCc2ccc3c(c2)nnn3C)N(C(=O)[C@H](N)CCC(=O)N2CCCC2)C1. The van der Waals surface area contributed by atoms with Crippen molar-refractivity contribution in [2.75, 3.05) is 19.6 Å². The molecule has 5 rings (SSSR count). The van der Waals surface area contributed by atoms with Crippen molar-refractivity contribution in [1.82, 2.24) is 39.7 Å². The van der Waals surface area contributed by atoms with Gasteiger partial charge in [-0.3, -0.25) is 14.4 Å². The zero-order valence-corrected chi connectivity index (χ0v) is 22.6. The van der Waals surface area contributed by atoms with E-state index in [0.717, 1.165) is 48.4 Å². The summed E-state index contributed by atoms with van der Waals surface area (Å²) < 4.78 is 3.65. The van der Waals surface area contributed by atoms with Crippen molar-refractivity contribution >= 4 is 28.8 Å². The summed E-state index contributed by atoms with van der Waals surface area (Å²) in [5.74, 6) is 0.517. The first kappa shape index (κ1) is 26.8. The Hall–Kier alpha value is -3.80. The number of benzene rings is 1. The van der Waals surface area contributed by atoms with E-state index in [9.17, 15) is 14.4 Å². The maximum atomic E-state index is 13.5. The van der Waals surface area contributed by atoms with Crippen molar-refractivity contribution in [3.8, 4) is 0 Å². The van der Waals surface area contributed by atoms with Crippen LogP contribution in [0, 0.1) is 5.92 Å². The van der Waals surface area contributed by atoms with E-state index in [4.69, 9.17) is 5.73 Å². The van der Waals surface area contributed by atoms with Gasteiger partial charge in [0.2, 0.25) is 17.7 Å². The predicted octanol–water partition coefficient (Wildman–Crippen LogP) is 0.508. The van der Waals surface area contributed by atoms with Crippen LogP contribution >= 0.6 is 0 Å². The summed E-state index contributed by atoms with van der Waals surface area (Å²) in [4.78, 5) is 47.3. The second-order valence-electron chi connectivity index (χ2n) is 10.8. The van der Waals surface area contributed by atoms with E-state index in [2.05, 4.69) is 20.6 Å². The average molecular weight is 536 g/mol. The first-order valence-corrected chi connectivity index (χ1v) is 13.7. The lowest BCUT2D eigenvalue weighted by molar-refractivity contribution is -0.140. The summed E-state index contributed by atoms with van der Waals surface area (Å²) in [6, 6.07) is 4.28. The lowest BCUT2D eigenvalue weighted by atomic mass is 10.0. The summed E-state index contributed by atoms with van der Waals surface area (Å²) in [6.45, 7) is 2.28. The number of rotatable bonds is 9. The minimum Gasteiger partial charge on any atom is -0.350 e. The minimum atomic E-state index is -0.835. The Balaban J connectivity index is 1.24. The molecule has 0 radical (unpaired) electrons. The van der Waals surface area contributed by atoms with Gasteiger partial charge in [0, 0.05) is 65.5 Å². The number of likely N-dealkylation sites (tertiary alicyclic amines) is 2. The van der Waals surface area contributed by atoms with Gasteiger partial charge in [-0.2, -0.15) is 0 Å². The van der Waals surface area contributed by atoms with Gasteiger partial charge in [-0.1, -0.05) is 11.3 Å². The van der Waals surface area contributed by atoms with Crippen molar-refractivity contribution in [2.24, 2.45) is 25.7 Å². The van der Waals surface area contributed by atoms with Gasteiger partial charge in [0.05, 0.1) is 11.6 Å². The van der Waals surface area contributed by atoms with Crippen LogP contribution in [0.3, 0.4) is 0 Å². The number of fused-ring (bicyclic) bond motifs is 1.